The highest BCUT2D eigenvalue weighted by Crippen LogP contribution is 2.14. The second-order valence-corrected chi connectivity index (χ2v) is 3.99. The molecule has 0 radical (unpaired) electrons. The van der Waals surface area contributed by atoms with Gasteiger partial charge in [-0.05, 0) is 42.8 Å². The summed E-state index contributed by atoms with van der Waals surface area (Å²) in [4.78, 5) is 15.8. The molecule has 0 aliphatic rings. The molecule has 4 N–H and O–H groups in total. The Balaban J connectivity index is 2.13. The first-order chi connectivity index (χ1) is 9.10. The number of rotatable bonds is 3. The number of anilines is 2. The summed E-state index contributed by atoms with van der Waals surface area (Å²) < 4.78 is 13.1. The van der Waals surface area contributed by atoms with E-state index in [2.05, 4.69) is 15.7 Å². The maximum absolute atomic E-state index is 13.1. The first-order valence-electron chi connectivity index (χ1n) is 5.60. The number of hydrogen-bond donors (Lipinski definition) is 3. The molecular weight excluding hydrogens is 247 g/mol. The Labute approximate surface area is 109 Å². The fourth-order valence-electron chi connectivity index (χ4n) is 1.53. The van der Waals surface area contributed by atoms with Crippen molar-refractivity contribution in [1.82, 2.24) is 4.98 Å². The number of amides is 1. The van der Waals surface area contributed by atoms with E-state index in [-0.39, 0.29) is 17.4 Å². The summed E-state index contributed by atoms with van der Waals surface area (Å²) in [5.74, 6) is 4.53. The Bertz CT molecular complexity index is 598. The lowest BCUT2D eigenvalue weighted by atomic mass is 10.2. The van der Waals surface area contributed by atoms with Gasteiger partial charge in [-0.15, -0.1) is 0 Å². The zero-order chi connectivity index (χ0) is 13.8. The third kappa shape index (κ3) is 3.05. The number of halogens is 1. The summed E-state index contributed by atoms with van der Waals surface area (Å²) in [6, 6.07) is 7.54. The molecule has 0 atom stereocenters. The van der Waals surface area contributed by atoms with Crippen LogP contribution in [-0.2, 0) is 0 Å². The fraction of sp³-hybridized carbons (Fsp3) is 0.0769. The first-order valence-corrected chi connectivity index (χ1v) is 5.60. The molecule has 0 aliphatic heterocycles. The van der Waals surface area contributed by atoms with Crippen LogP contribution in [0.4, 0.5) is 15.8 Å². The summed E-state index contributed by atoms with van der Waals surface area (Å²) in [7, 11) is 0. The highest BCUT2D eigenvalue weighted by molar-refractivity contribution is 6.02. The van der Waals surface area contributed by atoms with Crippen LogP contribution in [0.3, 0.4) is 0 Å². The van der Waals surface area contributed by atoms with E-state index in [1.807, 2.05) is 0 Å². The van der Waals surface area contributed by atoms with E-state index in [1.165, 1.54) is 18.3 Å². The van der Waals surface area contributed by atoms with Gasteiger partial charge in [-0.3, -0.25) is 10.6 Å². The van der Waals surface area contributed by atoms with E-state index >= 15 is 0 Å². The van der Waals surface area contributed by atoms with Crippen molar-refractivity contribution in [1.29, 1.82) is 0 Å². The van der Waals surface area contributed by atoms with Crippen LogP contribution in [0, 0.1) is 12.7 Å². The molecule has 98 valence electrons. The van der Waals surface area contributed by atoms with Gasteiger partial charge in [0, 0.05) is 5.69 Å². The maximum atomic E-state index is 13.1. The molecule has 0 saturated carbocycles. The Morgan fingerprint density at radius 3 is 2.58 bits per heavy atom. The highest BCUT2D eigenvalue weighted by Gasteiger charge is 2.08. The van der Waals surface area contributed by atoms with Crippen LogP contribution in [0.5, 0.6) is 0 Å². The van der Waals surface area contributed by atoms with Crippen molar-refractivity contribution in [2.75, 3.05) is 10.7 Å². The molecule has 1 amide bonds. The van der Waals surface area contributed by atoms with Crippen LogP contribution in [0.1, 0.15) is 16.1 Å². The van der Waals surface area contributed by atoms with Crippen molar-refractivity contribution in [2.45, 2.75) is 6.92 Å². The number of aromatic nitrogens is 1. The number of nitrogens with zero attached hydrogens (tertiary/aromatic N) is 1. The minimum absolute atomic E-state index is 0.251. The van der Waals surface area contributed by atoms with Crippen molar-refractivity contribution < 1.29 is 9.18 Å². The van der Waals surface area contributed by atoms with Crippen molar-refractivity contribution in [3.8, 4) is 0 Å². The van der Waals surface area contributed by atoms with Crippen LogP contribution >= 0.6 is 0 Å². The zero-order valence-corrected chi connectivity index (χ0v) is 10.3. The lowest BCUT2D eigenvalue weighted by molar-refractivity contribution is 0.102. The predicted octanol–water partition coefficient (Wildman–Crippen LogP) is 2.07. The van der Waals surface area contributed by atoms with E-state index in [0.717, 1.165) is 0 Å². The second-order valence-electron chi connectivity index (χ2n) is 3.99. The summed E-state index contributed by atoms with van der Waals surface area (Å²) in [6.07, 6.45) is 1.45. The number of pyridine rings is 1. The molecule has 0 spiro atoms. The highest BCUT2D eigenvalue weighted by atomic mass is 19.1. The third-order valence-corrected chi connectivity index (χ3v) is 2.58. The molecule has 0 unspecified atom stereocenters. The molecule has 0 fully saturated rings. The molecule has 1 aromatic carbocycles. The molecule has 2 aromatic rings. The van der Waals surface area contributed by atoms with Crippen molar-refractivity contribution in [3.63, 3.8) is 0 Å². The Kier molecular flexibility index (Phi) is 3.72. The Morgan fingerprint density at radius 2 is 2.00 bits per heavy atom. The van der Waals surface area contributed by atoms with Gasteiger partial charge in [-0.2, -0.15) is 0 Å². The molecule has 6 heteroatoms. The van der Waals surface area contributed by atoms with Crippen LogP contribution in [0.25, 0.3) is 0 Å². The van der Waals surface area contributed by atoms with Crippen molar-refractivity contribution in [3.05, 3.63) is 53.6 Å². The molecule has 0 aliphatic carbocycles. The predicted molar refractivity (Wildman–Crippen MR) is 71.1 cm³/mol. The third-order valence-electron chi connectivity index (χ3n) is 2.58. The number of benzene rings is 1. The van der Waals surface area contributed by atoms with E-state index in [4.69, 9.17) is 5.84 Å². The van der Waals surface area contributed by atoms with Crippen LogP contribution in [-0.4, -0.2) is 10.9 Å². The summed E-state index contributed by atoms with van der Waals surface area (Å²) in [5, 5.41) is 2.64. The van der Waals surface area contributed by atoms with Gasteiger partial charge in [0.2, 0.25) is 0 Å². The average molecular weight is 260 g/mol. The lowest BCUT2D eigenvalue weighted by Gasteiger charge is -2.06. The molecule has 0 saturated heterocycles. The van der Waals surface area contributed by atoms with Crippen LogP contribution in [0.2, 0.25) is 0 Å². The summed E-state index contributed by atoms with van der Waals surface area (Å²) >= 11 is 0. The topological polar surface area (TPSA) is 80.0 Å². The SMILES string of the molecule is Cc1cc(NC(=O)c2ccc(NN)cn2)ccc1F. The van der Waals surface area contributed by atoms with Crippen molar-refractivity contribution >= 4 is 17.3 Å². The van der Waals surface area contributed by atoms with Crippen LogP contribution in [0.15, 0.2) is 36.5 Å². The quantitative estimate of drug-likeness (QED) is 0.583. The van der Waals surface area contributed by atoms with Gasteiger partial charge >= 0.3 is 0 Å². The van der Waals surface area contributed by atoms with Crippen molar-refractivity contribution in [2.24, 2.45) is 5.84 Å². The van der Waals surface area contributed by atoms with Gasteiger partial charge < -0.3 is 10.7 Å². The summed E-state index contributed by atoms with van der Waals surface area (Å²) in [6.45, 7) is 1.63. The largest absolute Gasteiger partial charge is 0.323 e. The number of nitrogen functional groups attached to an aromatic ring is 1. The number of hydrogen-bond acceptors (Lipinski definition) is 4. The Morgan fingerprint density at radius 1 is 1.26 bits per heavy atom. The van der Waals surface area contributed by atoms with E-state index in [0.29, 0.717) is 16.9 Å². The number of carbonyl (C=O) groups excluding carboxylic acids is 1. The van der Waals surface area contributed by atoms with Gasteiger partial charge in [-0.1, -0.05) is 0 Å². The number of nitrogens with two attached hydrogens (primary N) is 1. The minimum atomic E-state index is -0.366. The van der Waals surface area contributed by atoms with Crippen LogP contribution < -0.4 is 16.6 Å². The monoisotopic (exact) mass is 260 g/mol. The lowest BCUT2D eigenvalue weighted by Crippen LogP contribution is -2.14. The number of nitrogens with one attached hydrogen (secondary N) is 2. The molecular formula is C13H13FN4O. The van der Waals surface area contributed by atoms with E-state index < -0.39 is 0 Å². The second kappa shape index (κ2) is 5.45. The van der Waals surface area contributed by atoms with Gasteiger partial charge in [0.1, 0.15) is 11.5 Å². The first kappa shape index (κ1) is 13.0. The smallest absolute Gasteiger partial charge is 0.274 e. The van der Waals surface area contributed by atoms with Gasteiger partial charge in [0.15, 0.2) is 0 Å². The van der Waals surface area contributed by atoms with Gasteiger partial charge in [0.05, 0.1) is 11.9 Å². The normalized spacial score (nSPS) is 10.1. The number of carbonyl (C=O) groups is 1. The molecule has 0 bridgehead atoms. The van der Waals surface area contributed by atoms with E-state index in [9.17, 15) is 9.18 Å². The Hall–Kier alpha value is -2.47. The molecule has 19 heavy (non-hydrogen) atoms. The fourth-order valence-corrected chi connectivity index (χ4v) is 1.53. The molecule has 5 nitrogen and oxygen atoms in total. The zero-order valence-electron chi connectivity index (χ0n) is 10.3. The standard InChI is InChI=1S/C13H13FN4O/c1-8-6-9(2-4-11(8)14)17-13(19)12-5-3-10(18-15)7-16-12/h2-7,18H,15H2,1H3,(H,17,19). The maximum Gasteiger partial charge on any atom is 0.274 e. The molecule has 1 aromatic heterocycles. The van der Waals surface area contributed by atoms with Gasteiger partial charge in [0.25, 0.3) is 5.91 Å². The molecule has 2 rings (SSSR count). The number of aryl methyl sites for hydroxylation is 1. The minimum Gasteiger partial charge on any atom is -0.323 e. The average Bonchev–Trinajstić information content (AvgIpc) is 2.43. The van der Waals surface area contributed by atoms with E-state index in [1.54, 1.807) is 25.1 Å². The molecule has 1 heterocycles. The van der Waals surface area contributed by atoms with Gasteiger partial charge in [-0.25, -0.2) is 9.37 Å². The number of hydrazine groups is 1. The summed E-state index contributed by atoms with van der Waals surface area (Å²) in [5.41, 5.74) is 4.26.